The summed E-state index contributed by atoms with van der Waals surface area (Å²) in [5.74, 6) is 0.0233. The molecule has 4 aromatic rings. The second-order valence-electron chi connectivity index (χ2n) is 7.74. The first-order valence-corrected chi connectivity index (χ1v) is 10.7. The molecule has 0 saturated carbocycles. The lowest BCUT2D eigenvalue weighted by Gasteiger charge is -2.15. The van der Waals surface area contributed by atoms with Gasteiger partial charge in [0, 0.05) is 35.5 Å². The summed E-state index contributed by atoms with van der Waals surface area (Å²) in [7, 11) is 0. The number of carbonyl (C=O) groups is 1. The Morgan fingerprint density at radius 2 is 1.94 bits per heavy atom. The number of nitriles is 1. The molecular weight excluding hydrogens is 459 g/mol. The number of aromatic amines is 1. The highest BCUT2D eigenvalue weighted by atomic mass is 19.4. The van der Waals surface area contributed by atoms with Gasteiger partial charge in [0.05, 0.1) is 29.1 Å². The van der Waals surface area contributed by atoms with Crippen LogP contribution in [0.3, 0.4) is 0 Å². The van der Waals surface area contributed by atoms with Crippen molar-refractivity contribution in [1.29, 1.82) is 5.26 Å². The summed E-state index contributed by atoms with van der Waals surface area (Å²) < 4.78 is 39.7. The van der Waals surface area contributed by atoms with Gasteiger partial charge in [-0.2, -0.15) is 18.4 Å². The van der Waals surface area contributed by atoms with E-state index >= 15 is 0 Å². The number of hydrogen-bond acceptors (Lipinski definition) is 6. The Labute approximate surface area is 198 Å². The van der Waals surface area contributed by atoms with E-state index in [-0.39, 0.29) is 40.2 Å². The molecule has 0 unspecified atom stereocenters. The van der Waals surface area contributed by atoms with Gasteiger partial charge in [0.25, 0.3) is 5.91 Å². The highest BCUT2D eigenvalue weighted by Crippen LogP contribution is 2.35. The molecule has 0 aliphatic carbocycles. The molecule has 0 aliphatic heterocycles. The highest BCUT2D eigenvalue weighted by molar-refractivity contribution is 5.95. The molecule has 1 atom stereocenters. The maximum Gasteiger partial charge on any atom is 0.417 e. The standard InChI is InChI=1S/C24H20F3N7O/c1-3-29-22(35)15-6-4-14(5-7-15)13(2)33-23-32-10-16(9-28)20(34-23)19-12-31-21-18(19)8-17(11-30-21)24(25,26)27/h4-8,10-13H,3H2,1-2H3,(H,29,35)(H,30,31)(H,32,33,34)/t13-/m1/s1. The topological polar surface area (TPSA) is 119 Å². The first-order valence-electron chi connectivity index (χ1n) is 10.7. The fourth-order valence-corrected chi connectivity index (χ4v) is 3.56. The van der Waals surface area contributed by atoms with Crippen LogP contribution in [0.1, 0.15) is 46.9 Å². The van der Waals surface area contributed by atoms with Crippen molar-refractivity contribution in [3.05, 3.63) is 71.2 Å². The van der Waals surface area contributed by atoms with Crippen LogP contribution in [-0.4, -0.2) is 32.4 Å². The minimum Gasteiger partial charge on any atom is -0.352 e. The maximum absolute atomic E-state index is 13.2. The molecule has 0 fully saturated rings. The van der Waals surface area contributed by atoms with Crippen LogP contribution in [-0.2, 0) is 6.18 Å². The number of nitrogens with one attached hydrogen (secondary N) is 3. The van der Waals surface area contributed by atoms with Crippen LogP contribution >= 0.6 is 0 Å². The largest absolute Gasteiger partial charge is 0.417 e. The summed E-state index contributed by atoms with van der Waals surface area (Å²) >= 11 is 0. The molecule has 4 rings (SSSR count). The molecule has 0 saturated heterocycles. The molecule has 35 heavy (non-hydrogen) atoms. The van der Waals surface area contributed by atoms with Gasteiger partial charge in [-0.05, 0) is 37.6 Å². The smallest absolute Gasteiger partial charge is 0.352 e. The minimum absolute atomic E-state index is 0.104. The SMILES string of the molecule is CCNC(=O)c1ccc([C@@H](C)Nc2ncc(C#N)c(-c3c[nH]c4ncc(C(F)(F)F)cc34)n2)cc1. The number of H-pyrrole nitrogens is 1. The summed E-state index contributed by atoms with van der Waals surface area (Å²) in [6.07, 6.45) is -1.03. The van der Waals surface area contributed by atoms with Gasteiger partial charge < -0.3 is 15.6 Å². The molecule has 3 heterocycles. The lowest BCUT2D eigenvalue weighted by atomic mass is 10.1. The van der Waals surface area contributed by atoms with Gasteiger partial charge in [-0.1, -0.05) is 12.1 Å². The average molecular weight is 479 g/mol. The summed E-state index contributed by atoms with van der Waals surface area (Å²) in [5.41, 5.74) is 1.32. The van der Waals surface area contributed by atoms with Gasteiger partial charge >= 0.3 is 6.18 Å². The Bertz CT molecular complexity index is 1420. The zero-order valence-electron chi connectivity index (χ0n) is 18.7. The Morgan fingerprint density at radius 1 is 1.20 bits per heavy atom. The molecule has 8 nitrogen and oxygen atoms in total. The first kappa shape index (κ1) is 23.7. The van der Waals surface area contributed by atoms with E-state index in [1.54, 1.807) is 24.3 Å². The van der Waals surface area contributed by atoms with E-state index in [1.807, 2.05) is 19.9 Å². The molecule has 178 valence electrons. The third kappa shape index (κ3) is 4.91. The predicted molar refractivity (Wildman–Crippen MR) is 123 cm³/mol. The van der Waals surface area contributed by atoms with E-state index in [9.17, 15) is 23.2 Å². The number of nitrogens with zero attached hydrogens (tertiary/aromatic N) is 4. The second kappa shape index (κ2) is 9.42. The normalized spacial score (nSPS) is 12.2. The maximum atomic E-state index is 13.2. The molecule has 11 heteroatoms. The fourth-order valence-electron chi connectivity index (χ4n) is 3.56. The molecule has 0 spiro atoms. The van der Waals surface area contributed by atoms with Crippen molar-refractivity contribution in [3.63, 3.8) is 0 Å². The summed E-state index contributed by atoms with van der Waals surface area (Å²) in [6, 6.07) is 9.72. The van der Waals surface area contributed by atoms with Gasteiger partial charge in [0.15, 0.2) is 0 Å². The van der Waals surface area contributed by atoms with E-state index in [0.29, 0.717) is 17.7 Å². The second-order valence-corrected chi connectivity index (χ2v) is 7.74. The summed E-state index contributed by atoms with van der Waals surface area (Å²) in [6.45, 7) is 4.24. The predicted octanol–water partition coefficient (Wildman–Crippen LogP) is 4.83. The number of hydrogen-bond donors (Lipinski definition) is 3. The molecule has 1 amide bonds. The van der Waals surface area contributed by atoms with Crippen molar-refractivity contribution >= 4 is 22.9 Å². The molecule has 0 aliphatic rings. The van der Waals surface area contributed by atoms with Crippen LogP contribution in [0.25, 0.3) is 22.3 Å². The molecular formula is C24H20F3N7O. The lowest BCUT2D eigenvalue weighted by Crippen LogP contribution is -2.22. The van der Waals surface area contributed by atoms with Crippen molar-refractivity contribution < 1.29 is 18.0 Å². The van der Waals surface area contributed by atoms with Gasteiger partial charge in [0.2, 0.25) is 5.95 Å². The van der Waals surface area contributed by atoms with Crippen molar-refractivity contribution in [2.45, 2.75) is 26.1 Å². The Morgan fingerprint density at radius 3 is 2.60 bits per heavy atom. The zero-order valence-corrected chi connectivity index (χ0v) is 18.7. The van der Waals surface area contributed by atoms with Crippen LogP contribution in [0.2, 0.25) is 0 Å². The van der Waals surface area contributed by atoms with Gasteiger partial charge in [-0.15, -0.1) is 0 Å². The number of carbonyl (C=O) groups excluding carboxylic acids is 1. The van der Waals surface area contributed by atoms with Crippen LogP contribution in [0, 0.1) is 11.3 Å². The van der Waals surface area contributed by atoms with Crippen LogP contribution < -0.4 is 10.6 Å². The summed E-state index contributed by atoms with van der Waals surface area (Å²) in [5, 5.41) is 15.6. The van der Waals surface area contributed by atoms with Crippen molar-refractivity contribution in [1.82, 2.24) is 25.3 Å². The third-order valence-corrected chi connectivity index (χ3v) is 5.38. The zero-order chi connectivity index (χ0) is 25.2. The number of alkyl halides is 3. The van der Waals surface area contributed by atoms with Gasteiger partial charge in [0.1, 0.15) is 11.7 Å². The van der Waals surface area contributed by atoms with Gasteiger partial charge in [-0.3, -0.25) is 4.79 Å². The Kier molecular flexibility index (Phi) is 6.38. The first-order chi connectivity index (χ1) is 16.7. The highest BCUT2D eigenvalue weighted by Gasteiger charge is 2.31. The van der Waals surface area contributed by atoms with E-state index in [0.717, 1.165) is 17.8 Å². The molecule has 1 aromatic carbocycles. The monoisotopic (exact) mass is 479 g/mol. The number of benzene rings is 1. The number of aromatic nitrogens is 4. The number of fused-ring (bicyclic) bond motifs is 1. The van der Waals surface area contributed by atoms with Crippen LogP contribution in [0.5, 0.6) is 0 Å². The fraction of sp³-hybridized carbons (Fsp3) is 0.208. The van der Waals surface area contributed by atoms with Gasteiger partial charge in [-0.25, -0.2) is 15.0 Å². The van der Waals surface area contributed by atoms with E-state index in [1.165, 1.54) is 12.4 Å². The number of pyridine rings is 1. The number of amides is 1. The molecule has 3 N–H and O–H groups in total. The number of rotatable bonds is 6. The quantitative estimate of drug-likeness (QED) is 0.364. The van der Waals surface area contributed by atoms with Crippen LogP contribution in [0.4, 0.5) is 19.1 Å². The Hall–Kier alpha value is -4.46. The minimum atomic E-state index is -4.56. The Balaban J connectivity index is 1.65. The van der Waals surface area contributed by atoms with Crippen LogP contribution in [0.15, 0.2) is 48.9 Å². The lowest BCUT2D eigenvalue weighted by molar-refractivity contribution is -0.137. The van der Waals surface area contributed by atoms with Crippen molar-refractivity contribution in [2.75, 3.05) is 11.9 Å². The number of halogens is 3. The molecule has 3 aromatic heterocycles. The van der Waals surface area contributed by atoms with E-state index in [4.69, 9.17) is 0 Å². The molecule has 0 bridgehead atoms. The van der Waals surface area contributed by atoms with Crippen molar-refractivity contribution in [2.24, 2.45) is 0 Å². The average Bonchev–Trinajstić information content (AvgIpc) is 3.27. The van der Waals surface area contributed by atoms with E-state index < -0.39 is 11.7 Å². The summed E-state index contributed by atoms with van der Waals surface area (Å²) in [4.78, 5) is 27.2. The number of anilines is 1. The molecule has 0 radical (unpaired) electrons. The third-order valence-electron chi connectivity index (χ3n) is 5.38. The van der Waals surface area contributed by atoms with E-state index in [2.05, 4.69) is 30.6 Å². The van der Waals surface area contributed by atoms with Crippen molar-refractivity contribution in [3.8, 4) is 17.3 Å².